The summed E-state index contributed by atoms with van der Waals surface area (Å²) in [6.07, 6.45) is 14.1. The first kappa shape index (κ1) is 21.4. The maximum atomic E-state index is 14.1. The molecule has 0 spiro atoms. The molecule has 0 amide bonds. The van der Waals surface area contributed by atoms with Crippen LogP contribution in [0.25, 0.3) is 11.1 Å². The van der Waals surface area contributed by atoms with Crippen LogP contribution in [0.4, 0.5) is 4.39 Å². The van der Waals surface area contributed by atoms with E-state index in [-0.39, 0.29) is 5.82 Å². The Morgan fingerprint density at radius 3 is 2.33 bits per heavy atom. The van der Waals surface area contributed by atoms with Gasteiger partial charge < -0.3 is 4.74 Å². The molecule has 2 fully saturated rings. The topological polar surface area (TPSA) is 9.23 Å². The molecule has 4 atom stereocenters. The predicted octanol–water partition coefficient (Wildman–Crippen LogP) is 8.38. The summed E-state index contributed by atoms with van der Waals surface area (Å²) < 4.78 is 19.1. The highest BCUT2D eigenvalue weighted by atomic mass is 19.1. The minimum Gasteiger partial charge on any atom is -0.494 e. The maximum absolute atomic E-state index is 14.1. The van der Waals surface area contributed by atoms with Crippen molar-refractivity contribution in [3.8, 4) is 16.9 Å². The fourth-order valence-electron chi connectivity index (χ4n) is 6.03. The van der Waals surface area contributed by atoms with Crippen LogP contribution in [0.15, 0.2) is 42.5 Å². The van der Waals surface area contributed by atoms with Gasteiger partial charge in [-0.3, -0.25) is 0 Å². The number of ether oxygens (including phenoxy) is 1. The second-order valence-electron chi connectivity index (χ2n) is 9.68. The molecule has 1 unspecified atom stereocenters. The van der Waals surface area contributed by atoms with Gasteiger partial charge in [-0.25, -0.2) is 4.39 Å². The summed E-state index contributed by atoms with van der Waals surface area (Å²) >= 11 is 0. The Labute approximate surface area is 182 Å². The van der Waals surface area contributed by atoms with Crippen LogP contribution in [-0.4, -0.2) is 7.11 Å². The van der Waals surface area contributed by atoms with Crippen molar-refractivity contribution in [1.82, 2.24) is 0 Å². The highest BCUT2D eigenvalue weighted by Crippen LogP contribution is 2.48. The minimum atomic E-state index is -0.303. The summed E-state index contributed by atoms with van der Waals surface area (Å²) in [5.41, 5.74) is 3.45. The van der Waals surface area contributed by atoms with Gasteiger partial charge in [-0.15, -0.1) is 0 Å². The van der Waals surface area contributed by atoms with Gasteiger partial charge in [0.25, 0.3) is 0 Å². The molecule has 0 bridgehead atoms. The number of fused-ring (bicyclic) bond motifs is 1. The summed E-state index contributed by atoms with van der Waals surface area (Å²) in [5, 5.41) is 0. The van der Waals surface area contributed by atoms with E-state index >= 15 is 0 Å². The third-order valence-electron chi connectivity index (χ3n) is 7.80. The molecule has 4 rings (SSSR count). The summed E-state index contributed by atoms with van der Waals surface area (Å²) in [5.74, 6) is 3.60. The first-order chi connectivity index (χ1) is 14.7. The van der Waals surface area contributed by atoms with Crippen molar-refractivity contribution in [1.29, 1.82) is 0 Å². The van der Waals surface area contributed by atoms with Crippen molar-refractivity contribution in [3.63, 3.8) is 0 Å². The van der Waals surface area contributed by atoms with E-state index in [1.54, 1.807) is 12.1 Å². The number of halogens is 1. The first-order valence-electron chi connectivity index (χ1n) is 12.1. The molecule has 2 saturated carbocycles. The summed E-state index contributed by atoms with van der Waals surface area (Å²) in [7, 11) is 1.50. The van der Waals surface area contributed by atoms with Crippen LogP contribution < -0.4 is 4.74 Å². The summed E-state index contributed by atoms with van der Waals surface area (Å²) in [4.78, 5) is 0. The molecule has 2 aromatic rings. The molecule has 0 aliphatic heterocycles. The van der Waals surface area contributed by atoms with Crippen LogP contribution in [0.2, 0.25) is 0 Å². The average Bonchev–Trinajstić information content (AvgIpc) is 2.79. The fraction of sp³-hybridized carbons (Fsp3) is 0.571. The van der Waals surface area contributed by atoms with E-state index in [1.165, 1.54) is 76.9 Å². The van der Waals surface area contributed by atoms with Gasteiger partial charge in [-0.2, -0.15) is 0 Å². The summed E-state index contributed by atoms with van der Waals surface area (Å²) in [6.45, 7) is 2.31. The second kappa shape index (κ2) is 9.98. The fourth-order valence-corrected chi connectivity index (χ4v) is 6.03. The van der Waals surface area contributed by atoms with Gasteiger partial charge in [0.2, 0.25) is 0 Å². The van der Waals surface area contributed by atoms with Crippen molar-refractivity contribution < 1.29 is 9.13 Å². The van der Waals surface area contributed by atoms with Gasteiger partial charge in [0, 0.05) is 0 Å². The van der Waals surface area contributed by atoms with Gasteiger partial charge in [0.1, 0.15) is 0 Å². The quantitative estimate of drug-likeness (QED) is 0.418. The van der Waals surface area contributed by atoms with Crippen LogP contribution in [0.3, 0.4) is 0 Å². The molecular formula is C28H37FO. The van der Waals surface area contributed by atoms with Gasteiger partial charge >= 0.3 is 0 Å². The number of hydrogen-bond donors (Lipinski definition) is 0. The van der Waals surface area contributed by atoms with Crippen molar-refractivity contribution in [2.45, 2.75) is 77.0 Å². The Morgan fingerprint density at radius 1 is 0.867 bits per heavy atom. The largest absolute Gasteiger partial charge is 0.494 e. The number of hydrogen-bond acceptors (Lipinski definition) is 1. The molecule has 1 nitrogen and oxygen atoms in total. The lowest BCUT2D eigenvalue weighted by molar-refractivity contribution is 0.113. The van der Waals surface area contributed by atoms with E-state index in [9.17, 15) is 4.39 Å². The normalized spacial score (nSPS) is 26.2. The summed E-state index contributed by atoms with van der Waals surface area (Å²) in [6, 6.07) is 14.1. The zero-order valence-corrected chi connectivity index (χ0v) is 18.7. The second-order valence-corrected chi connectivity index (χ2v) is 9.68. The van der Waals surface area contributed by atoms with Gasteiger partial charge in [-0.05, 0) is 84.6 Å². The van der Waals surface area contributed by atoms with Gasteiger partial charge in [0.05, 0.1) is 7.11 Å². The van der Waals surface area contributed by atoms with Crippen molar-refractivity contribution >= 4 is 0 Å². The smallest absolute Gasteiger partial charge is 0.165 e. The lowest BCUT2D eigenvalue weighted by Crippen LogP contribution is -2.30. The van der Waals surface area contributed by atoms with Crippen molar-refractivity contribution in [2.75, 3.05) is 7.11 Å². The van der Waals surface area contributed by atoms with E-state index < -0.39 is 0 Å². The van der Waals surface area contributed by atoms with Crippen LogP contribution in [0.5, 0.6) is 5.75 Å². The third kappa shape index (κ3) is 4.90. The molecule has 2 aliphatic carbocycles. The van der Waals surface area contributed by atoms with Crippen LogP contribution in [-0.2, 0) is 0 Å². The zero-order valence-electron chi connectivity index (χ0n) is 18.7. The van der Waals surface area contributed by atoms with E-state index in [0.717, 1.165) is 28.9 Å². The van der Waals surface area contributed by atoms with E-state index in [4.69, 9.17) is 4.74 Å². The van der Waals surface area contributed by atoms with Crippen molar-refractivity contribution in [2.24, 2.45) is 17.8 Å². The molecule has 2 heteroatoms. The van der Waals surface area contributed by atoms with E-state index in [2.05, 4.69) is 31.2 Å². The maximum Gasteiger partial charge on any atom is 0.165 e. The van der Waals surface area contributed by atoms with Crippen molar-refractivity contribution in [3.05, 3.63) is 53.8 Å². The average molecular weight is 409 g/mol. The van der Waals surface area contributed by atoms with E-state index in [1.807, 2.05) is 6.07 Å². The Morgan fingerprint density at radius 2 is 1.60 bits per heavy atom. The molecule has 2 aliphatic rings. The van der Waals surface area contributed by atoms with Gasteiger partial charge in [0.15, 0.2) is 11.6 Å². The van der Waals surface area contributed by atoms with Crippen LogP contribution >= 0.6 is 0 Å². The molecular weight excluding hydrogens is 371 g/mol. The lowest BCUT2D eigenvalue weighted by atomic mass is 9.63. The Bertz CT molecular complexity index is 812. The third-order valence-corrected chi connectivity index (χ3v) is 7.80. The number of benzene rings is 2. The Kier molecular flexibility index (Phi) is 7.12. The van der Waals surface area contributed by atoms with E-state index in [0.29, 0.717) is 11.7 Å². The highest BCUT2D eigenvalue weighted by Gasteiger charge is 2.35. The van der Waals surface area contributed by atoms with Crippen LogP contribution in [0, 0.1) is 23.6 Å². The molecule has 0 heterocycles. The van der Waals surface area contributed by atoms with Gasteiger partial charge in [-0.1, -0.05) is 69.4 Å². The molecule has 0 saturated heterocycles. The molecule has 2 aromatic carbocycles. The molecule has 0 radical (unpaired) electrons. The number of methoxy groups -OCH3 is 1. The number of rotatable bonds is 7. The highest BCUT2D eigenvalue weighted by molar-refractivity contribution is 5.64. The van der Waals surface area contributed by atoms with Crippen LogP contribution in [0.1, 0.15) is 82.6 Å². The SMILES string of the molecule is CCCCCC1CC[C@@H]2C[C@H](c3ccc(-c4ccc(OC)c(F)c4)cc3)CC[C@@H]2C1. The number of unbranched alkanes of at least 4 members (excludes halogenated alkanes) is 2. The molecule has 162 valence electrons. The monoisotopic (exact) mass is 408 g/mol. The molecule has 30 heavy (non-hydrogen) atoms. The molecule has 0 aromatic heterocycles. The predicted molar refractivity (Wildman–Crippen MR) is 123 cm³/mol. The first-order valence-corrected chi connectivity index (χ1v) is 12.1. The Hall–Kier alpha value is -1.83. The minimum absolute atomic E-state index is 0.298. The lowest BCUT2D eigenvalue weighted by Gasteiger charge is -2.42. The standard InChI is InChI=1S/C28H37FO/c1-3-4-5-6-20-7-8-25-18-24(14-13-23(25)17-20)21-9-11-22(12-10-21)26-15-16-28(30-2)27(29)19-26/h9-12,15-16,19-20,23-25H,3-8,13-14,17-18H2,1-2H3/t20?,23-,24-,25-/m1/s1. The Balaban J connectivity index is 1.35. The zero-order chi connectivity index (χ0) is 20.9. The molecule has 0 N–H and O–H groups in total.